The molecule has 42 heavy (non-hydrogen) atoms. The third-order valence-electron chi connectivity index (χ3n) is 7.07. The predicted octanol–water partition coefficient (Wildman–Crippen LogP) is 0.545. The average molecular weight is 572 g/mol. The van der Waals surface area contributed by atoms with Gasteiger partial charge in [0.25, 0.3) is 5.91 Å². The van der Waals surface area contributed by atoms with Gasteiger partial charge in [0, 0.05) is 38.3 Å². The van der Waals surface area contributed by atoms with Crippen molar-refractivity contribution in [2.75, 3.05) is 46.1 Å². The lowest BCUT2D eigenvalue weighted by molar-refractivity contribution is 0.0946. The van der Waals surface area contributed by atoms with Crippen LogP contribution in [0.3, 0.4) is 0 Å². The van der Waals surface area contributed by atoms with Gasteiger partial charge in [-0.25, -0.2) is 14.7 Å². The number of nitrogens with zero attached hydrogens (tertiary/aromatic N) is 11. The first kappa shape index (κ1) is 27.0. The number of benzene rings is 2. The summed E-state index contributed by atoms with van der Waals surface area (Å²) in [6.45, 7) is 4.28. The third-order valence-corrected chi connectivity index (χ3v) is 7.07. The molecule has 2 aromatic carbocycles. The molecule has 6 rings (SSSR count). The molecule has 16 nitrogen and oxygen atoms in total. The summed E-state index contributed by atoms with van der Waals surface area (Å²) in [5.41, 5.74) is 12.4. The molecule has 16 heteroatoms. The minimum atomic E-state index is -0.528. The molecule has 3 N–H and O–H groups in total. The number of nitrogens with two attached hydrogens (primary N) is 1. The number of methoxy groups -OCH3 is 1. The van der Waals surface area contributed by atoms with Crippen LogP contribution in [0.2, 0.25) is 0 Å². The lowest BCUT2D eigenvalue weighted by Crippen LogP contribution is -2.44. The fourth-order valence-corrected chi connectivity index (χ4v) is 4.76. The maximum Gasteiger partial charge on any atom is 0.293 e. The Morgan fingerprint density at radius 2 is 1.93 bits per heavy atom. The molecular weight excluding hydrogens is 542 g/mol. The molecule has 0 radical (unpaired) electrons. The van der Waals surface area contributed by atoms with Crippen molar-refractivity contribution in [3.05, 3.63) is 65.0 Å². The standard InChI is InChI=1S/C26H29N13O3/c1-36-9-11-37(12-10-36)16-21-23(30-35-39(21)25-24(27)32-42-33-25)26(40)31-28-14-17-7-8-22(41-2)18(13-17)15-38-20-6-4-3-5-19(20)29-34-38/h3-8,13-14H,9-12,15-16H2,1-2H3,(H2,27,32)(H,31,40)/b28-14-. The second-order valence-electron chi connectivity index (χ2n) is 9.86. The number of likely N-dealkylation sites (N-methyl/N-ethyl adjacent to an activating group) is 1. The van der Waals surface area contributed by atoms with E-state index in [0.29, 0.717) is 24.5 Å². The van der Waals surface area contributed by atoms with Crippen LogP contribution in [-0.2, 0) is 13.1 Å². The number of hydrazone groups is 1. The number of hydrogen-bond acceptors (Lipinski definition) is 13. The van der Waals surface area contributed by atoms with E-state index in [1.807, 2.05) is 42.5 Å². The number of piperazine rings is 1. The van der Waals surface area contributed by atoms with Gasteiger partial charge in [-0.15, -0.1) is 10.2 Å². The summed E-state index contributed by atoms with van der Waals surface area (Å²) in [4.78, 5) is 17.7. The topological polar surface area (TPSA) is 184 Å². The van der Waals surface area contributed by atoms with E-state index in [1.165, 1.54) is 4.68 Å². The second-order valence-corrected chi connectivity index (χ2v) is 9.86. The van der Waals surface area contributed by atoms with E-state index >= 15 is 0 Å². The third kappa shape index (κ3) is 5.52. The first-order valence-electron chi connectivity index (χ1n) is 13.2. The van der Waals surface area contributed by atoms with Crippen LogP contribution in [0, 0.1) is 0 Å². The fraction of sp³-hybridized carbons (Fsp3) is 0.308. The summed E-state index contributed by atoms with van der Waals surface area (Å²) in [5, 5.41) is 28.4. The lowest BCUT2D eigenvalue weighted by Gasteiger charge is -2.32. The van der Waals surface area contributed by atoms with Crippen LogP contribution in [0.5, 0.6) is 5.75 Å². The van der Waals surface area contributed by atoms with Crippen molar-refractivity contribution in [1.29, 1.82) is 0 Å². The summed E-state index contributed by atoms with van der Waals surface area (Å²) in [6, 6.07) is 13.3. The van der Waals surface area contributed by atoms with E-state index in [9.17, 15) is 4.79 Å². The van der Waals surface area contributed by atoms with Gasteiger partial charge in [0.1, 0.15) is 11.3 Å². The maximum absolute atomic E-state index is 13.2. The van der Waals surface area contributed by atoms with E-state index in [0.717, 1.165) is 48.3 Å². The summed E-state index contributed by atoms with van der Waals surface area (Å²) in [6.07, 6.45) is 1.55. The predicted molar refractivity (Wildman–Crippen MR) is 151 cm³/mol. The molecule has 0 atom stereocenters. The zero-order valence-electron chi connectivity index (χ0n) is 23.1. The number of para-hydroxylation sites is 1. The van der Waals surface area contributed by atoms with E-state index in [2.05, 4.69) is 58.3 Å². The number of hydrogen-bond donors (Lipinski definition) is 2. The van der Waals surface area contributed by atoms with Crippen molar-refractivity contribution in [3.8, 4) is 11.6 Å². The Morgan fingerprint density at radius 3 is 2.71 bits per heavy atom. The fourth-order valence-electron chi connectivity index (χ4n) is 4.76. The molecular formula is C26H29N13O3. The molecule has 216 valence electrons. The van der Waals surface area contributed by atoms with Gasteiger partial charge < -0.3 is 15.4 Å². The number of amides is 1. The van der Waals surface area contributed by atoms with Gasteiger partial charge in [-0.3, -0.25) is 9.69 Å². The van der Waals surface area contributed by atoms with Crippen LogP contribution in [0.25, 0.3) is 16.9 Å². The summed E-state index contributed by atoms with van der Waals surface area (Å²) in [7, 11) is 3.69. The quantitative estimate of drug-likeness (QED) is 0.185. The van der Waals surface area contributed by atoms with Gasteiger partial charge in [0.15, 0.2) is 5.69 Å². The Labute approximate surface area is 239 Å². The number of aromatic nitrogens is 8. The summed E-state index contributed by atoms with van der Waals surface area (Å²) in [5.74, 6) is 0.376. The second kappa shape index (κ2) is 11.7. The van der Waals surface area contributed by atoms with Gasteiger partial charge in [-0.1, -0.05) is 22.6 Å². The summed E-state index contributed by atoms with van der Waals surface area (Å²) < 4.78 is 13.5. The Bertz CT molecular complexity index is 1730. The van der Waals surface area contributed by atoms with Crippen LogP contribution in [0.4, 0.5) is 5.82 Å². The van der Waals surface area contributed by atoms with E-state index in [4.69, 9.17) is 15.1 Å². The highest BCUT2D eigenvalue weighted by Gasteiger charge is 2.26. The van der Waals surface area contributed by atoms with Gasteiger partial charge in [0.05, 0.1) is 31.1 Å². The van der Waals surface area contributed by atoms with Gasteiger partial charge in [-0.05, 0) is 53.3 Å². The molecule has 0 spiro atoms. The molecule has 4 heterocycles. The zero-order valence-corrected chi connectivity index (χ0v) is 23.1. The van der Waals surface area contributed by atoms with Crippen LogP contribution < -0.4 is 15.9 Å². The number of anilines is 1. The smallest absolute Gasteiger partial charge is 0.293 e. The highest BCUT2D eigenvalue weighted by Crippen LogP contribution is 2.22. The van der Waals surface area contributed by atoms with E-state index in [-0.39, 0.29) is 17.3 Å². The van der Waals surface area contributed by atoms with Crippen LogP contribution in [0.15, 0.2) is 52.2 Å². The Morgan fingerprint density at radius 1 is 1.10 bits per heavy atom. The number of fused-ring (bicyclic) bond motifs is 1. The monoisotopic (exact) mass is 571 g/mol. The molecule has 1 aliphatic rings. The van der Waals surface area contributed by atoms with Crippen molar-refractivity contribution >= 4 is 29.0 Å². The van der Waals surface area contributed by atoms with Gasteiger partial charge in [-0.2, -0.15) is 9.78 Å². The number of carbonyl (C=O) groups is 1. The van der Waals surface area contributed by atoms with Crippen molar-refractivity contribution < 1.29 is 14.2 Å². The number of ether oxygens (including phenoxy) is 1. The van der Waals surface area contributed by atoms with Crippen LogP contribution >= 0.6 is 0 Å². The Hall–Kier alpha value is -5.22. The van der Waals surface area contributed by atoms with Gasteiger partial charge in [0.2, 0.25) is 11.6 Å². The average Bonchev–Trinajstić information content (AvgIpc) is 3.73. The number of nitrogens with one attached hydrogen (secondary N) is 1. The number of rotatable bonds is 9. The summed E-state index contributed by atoms with van der Waals surface area (Å²) >= 11 is 0. The minimum Gasteiger partial charge on any atom is -0.496 e. The number of nitrogen functional groups attached to an aromatic ring is 1. The first-order valence-corrected chi connectivity index (χ1v) is 13.2. The molecule has 0 aliphatic carbocycles. The zero-order chi connectivity index (χ0) is 29.1. The molecule has 1 aliphatic heterocycles. The maximum atomic E-state index is 13.2. The largest absolute Gasteiger partial charge is 0.496 e. The molecule has 5 aromatic rings. The van der Waals surface area contributed by atoms with Crippen molar-refractivity contribution in [3.63, 3.8) is 0 Å². The minimum absolute atomic E-state index is 0.0405. The molecule has 1 amide bonds. The first-order chi connectivity index (χ1) is 20.5. The van der Waals surface area contributed by atoms with Crippen LogP contribution in [-0.4, -0.2) is 103 Å². The van der Waals surface area contributed by atoms with Crippen molar-refractivity contribution in [2.24, 2.45) is 5.10 Å². The van der Waals surface area contributed by atoms with E-state index < -0.39 is 5.91 Å². The van der Waals surface area contributed by atoms with E-state index in [1.54, 1.807) is 18.0 Å². The normalized spacial score (nSPS) is 14.6. The van der Waals surface area contributed by atoms with Gasteiger partial charge >= 0.3 is 0 Å². The molecule has 3 aromatic heterocycles. The molecule has 0 bridgehead atoms. The van der Waals surface area contributed by atoms with Crippen LogP contribution in [0.1, 0.15) is 27.3 Å². The highest BCUT2D eigenvalue weighted by molar-refractivity contribution is 5.94. The van der Waals surface area contributed by atoms with Crippen molar-refractivity contribution in [2.45, 2.75) is 13.1 Å². The molecule has 1 saturated heterocycles. The Kier molecular flexibility index (Phi) is 7.52. The Balaban J connectivity index is 1.20. The lowest BCUT2D eigenvalue weighted by atomic mass is 10.1. The van der Waals surface area contributed by atoms with Crippen molar-refractivity contribution in [1.82, 2.24) is 55.5 Å². The molecule has 0 saturated carbocycles. The molecule has 1 fully saturated rings. The SMILES string of the molecule is COc1ccc(/C=N\NC(=O)c2nnn(-c3nonc3N)c2CN2CCN(C)CC2)cc1Cn1nnc2ccccc21. The number of carbonyl (C=O) groups excluding carboxylic acids is 1. The molecule has 0 unspecified atom stereocenters. The highest BCUT2D eigenvalue weighted by atomic mass is 16.6.